The number of likely N-dealkylation sites (N-methyl/N-ethyl adjacent to an activating group) is 1. The Morgan fingerprint density at radius 3 is 2.42 bits per heavy atom. The van der Waals surface area contributed by atoms with Crippen LogP contribution >= 0.6 is 11.5 Å². The predicted octanol–water partition coefficient (Wildman–Crippen LogP) is 2.74. The molecule has 0 bridgehead atoms. The molecule has 0 fully saturated rings. The van der Waals surface area contributed by atoms with Gasteiger partial charge in [-0.05, 0) is 49.9 Å². The van der Waals surface area contributed by atoms with Crippen molar-refractivity contribution in [2.24, 2.45) is 0 Å². The first-order valence-electron chi connectivity index (χ1n) is 7.77. The number of aryl methyl sites for hydroxylation is 4. The van der Waals surface area contributed by atoms with Crippen LogP contribution in [0.5, 0.6) is 0 Å². The predicted molar refractivity (Wildman–Crippen MR) is 95.5 cm³/mol. The number of benzene rings is 1. The van der Waals surface area contributed by atoms with Crippen LogP contribution in [0.2, 0.25) is 0 Å². The third kappa shape index (κ3) is 3.97. The molecule has 1 aromatic carbocycles. The number of rotatable bonds is 5. The van der Waals surface area contributed by atoms with E-state index in [1.54, 1.807) is 7.05 Å². The second kappa shape index (κ2) is 7.53. The zero-order chi connectivity index (χ0) is 17.9. The maximum atomic E-state index is 12.4. The number of nitrogens with one attached hydrogen (secondary N) is 1. The molecule has 7 heteroatoms. The lowest BCUT2D eigenvalue weighted by Gasteiger charge is -2.18. The van der Waals surface area contributed by atoms with Gasteiger partial charge in [0.05, 0.1) is 12.2 Å². The Morgan fingerprint density at radius 2 is 1.83 bits per heavy atom. The van der Waals surface area contributed by atoms with Crippen molar-refractivity contribution >= 4 is 29.0 Å². The summed E-state index contributed by atoms with van der Waals surface area (Å²) in [5, 5.41) is 6.84. The van der Waals surface area contributed by atoms with Crippen molar-refractivity contribution in [2.45, 2.75) is 34.1 Å². The first-order chi connectivity index (χ1) is 11.3. The van der Waals surface area contributed by atoms with Gasteiger partial charge < -0.3 is 10.2 Å². The fraction of sp³-hybridized carbons (Fsp3) is 0.412. The van der Waals surface area contributed by atoms with E-state index in [0.717, 1.165) is 33.9 Å². The van der Waals surface area contributed by atoms with Crippen molar-refractivity contribution in [3.05, 3.63) is 39.4 Å². The van der Waals surface area contributed by atoms with Gasteiger partial charge in [-0.15, -0.1) is 5.10 Å². The maximum Gasteiger partial charge on any atom is 0.267 e. The molecule has 0 atom stereocenters. The summed E-state index contributed by atoms with van der Waals surface area (Å²) in [6.45, 7) is 7.84. The van der Waals surface area contributed by atoms with Crippen molar-refractivity contribution in [1.82, 2.24) is 14.5 Å². The Balaban J connectivity index is 2.06. The zero-order valence-corrected chi connectivity index (χ0v) is 15.5. The molecule has 0 spiro atoms. The van der Waals surface area contributed by atoms with E-state index < -0.39 is 0 Å². The molecule has 0 unspecified atom stereocenters. The van der Waals surface area contributed by atoms with Crippen LogP contribution in [0.25, 0.3) is 0 Å². The lowest BCUT2D eigenvalue weighted by atomic mass is 10.1. The largest absolute Gasteiger partial charge is 0.332 e. The monoisotopic (exact) mass is 346 g/mol. The van der Waals surface area contributed by atoms with Gasteiger partial charge in [-0.1, -0.05) is 29.1 Å². The molecule has 0 aliphatic carbocycles. The van der Waals surface area contributed by atoms with E-state index in [1.165, 1.54) is 4.90 Å². The molecule has 6 nitrogen and oxygen atoms in total. The Hall–Kier alpha value is -2.28. The molecule has 0 radical (unpaired) electrons. The van der Waals surface area contributed by atoms with Crippen LogP contribution in [0, 0.1) is 20.8 Å². The second-order valence-corrected chi connectivity index (χ2v) is 6.64. The van der Waals surface area contributed by atoms with E-state index in [2.05, 4.69) is 14.9 Å². The van der Waals surface area contributed by atoms with Crippen molar-refractivity contribution in [1.29, 1.82) is 0 Å². The molecule has 1 aromatic heterocycles. The minimum Gasteiger partial charge on any atom is -0.332 e. The van der Waals surface area contributed by atoms with Gasteiger partial charge in [-0.25, -0.2) is 0 Å². The standard InChI is InChI=1S/C17H22N4O2S/c1-6-13-16(24-20-19-13)17(23)21(5)9-14(22)18-15-11(3)7-10(2)8-12(15)4/h7-8H,6,9H2,1-5H3,(H,18,22). The quantitative estimate of drug-likeness (QED) is 0.903. The van der Waals surface area contributed by atoms with E-state index in [0.29, 0.717) is 17.0 Å². The van der Waals surface area contributed by atoms with Crippen molar-refractivity contribution < 1.29 is 9.59 Å². The number of amides is 2. The summed E-state index contributed by atoms with van der Waals surface area (Å²) < 4.78 is 3.82. The maximum absolute atomic E-state index is 12.4. The number of hydrogen-bond donors (Lipinski definition) is 1. The number of aromatic nitrogens is 2. The summed E-state index contributed by atoms with van der Waals surface area (Å²) in [6.07, 6.45) is 0.638. The number of nitrogens with zero attached hydrogens (tertiary/aromatic N) is 3. The molecule has 1 N–H and O–H groups in total. The molecule has 0 aliphatic heterocycles. The van der Waals surface area contributed by atoms with Crippen LogP contribution < -0.4 is 5.32 Å². The molecule has 2 amide bonds. The first kappa shape index (κ1) is 18.1. The van der Waals surface area contributed by atoms with E-state index in [1.807, 2.05) is 39.8 Å². The van der Waals surface area contributed by atoms with Gasteiger partial charge in [-0.3, -0.25) is 9.59 Å². The van der Waals surface area contributed by atoms with Crippen molar-refractivity contribution in [3.63, 3.8) is 0 Å². The number of hydrogen-bond acceptors (Lipinski definition) is 5. The highest BCUT2D eigenvalue weighted by atomic mass is 32.1. The van der Waals surface area contributed by atoms with E-state index >= 15 is 0 Å². The van der Waals surface area contributed by atoms with E-state index in [9.17, 15) is 9.59 Å². The normalized spacial score (nSPS) is 10.5. The summed E-state index contributed by atoms with van der Waals surface area (Å²) in [4.78, 5) is 26.6. The third-order valence-electron chi connectivity index (χ3n) is 3.75. The molecule has 128 valence electrons. The molecule has 0 saturated carbocycles. The van der Waals surface area contributed by atoms with Crippen molar-refractivity contribution in [3.8, 4) is 0 Å². The zero-order valence-electron chi connectivity index (χ0n) is 14.6. The topological polar surface area (TPSA) is 75.2 Å². The fourth-order valence-corrected chi connectivity index (χ4v) is 3.36. The molecule has 24 heavy (non-hydrogen) atoms. The lowest BCUT2D eigenvalue weighted by molar-refractivity contribution is -0.116. The Labute approximate surface area is 146 Å². The van der Waals surface area contributed by atoms with Crippen LogP contribution in [0.3, 0.4) is 0 Å². The highest BCUT2D eigenvalue weighted by Gasteiger charge is 2.21. The number of carbonyl (C=O) groups excluding carboxylic acids is 2. The molecule has 0 aliphatic rings. The van der Waals surface area contributed by atoms with Gasteiger partial charge in [0.25, 0.3) is 5.91 Å². The third-order valence-corrected chi connectivity index (χ3v) is 4.51. The molecular weight excluding hydrogens is 324 g/mol. The van der Waals surface area contributed by atoms with Gasteiger partial charge in [0.1, 0.15) is 4.88 Å². The Morgan fingerprint density at radius 1 is 1.21 bits per heavy atom. The van der Waals surface area contributed by atoms with Crippen molar-refractivity contribution in [2.75, 3.05) is 18.9 Å². The summed E-state index contributed by atoms with van der Waals surface area (Å²) in [6, 6.07) is 4.04. The highest BCUT2D eigenvalue weighted by molar-refractivity contribution is 7.08. The molecule has 1 heterocycles. The number of carbonyl (C=O) groups is 2. The molecule has 0 saturated heterocycles. The second-order valence-electron chi connectivity index (χ2n) is 5.89. The minimum atomic E-state index is -0.227. The lowest BCUT2D eigenvalue weighted by Crippen LogP contribution is -2.35. The van der Waals surface area contributed by atoms with Crippen LogP contribution in [0.15, 0.2) is 12.1 Å². The van der Waals surface area contributed by atoms with E-state index in [4.69, 9.17) is 0 Å². The molecular formula is C17H22N4O2S. The molecule has 2 aromatic rings. The Kier molecular flexibility index (Phi) is 5.66. The highest BCUT2D eigenvalue weighted by Crippen LogP contribution is 2.22. The Bertz CT molecular complexity index is 747. The minimum absolute atomic E-state index is 0.0212. The van der Waals surface area contributed by atoms with Crippen LogP contribution in [-0.2, 0) is 11.2 Å². The molecule has 2 rings (SSSR count). The summed E-state index contributed by atoms with van der Waals surface area (Å²) >= 11 is 1.06. The number of anilines is 1. The summed E-state index contributed by atoms with van der Waals surface area (Å²) in [7, 11) is 1.61. The van der Waals surface area contributed by atoms with Gasteiger partial charge in [0.2, 0.25) is 5.91 Å². The smallest absolute Gasteiger partial charge is 0.267 e. The van der Waals surface area contributed by atoms with Gasteiger partial charge in [0.15, 0.2) is 0 Å². The average molecular weight is 346 g/mol. The summed E-state index contributed by atoms with van der Waals surface area (Å²) in [5.41, 5.74) is 4.65. The van der Waals surface area contributed by atoms with Crippen LogP contribution in [0.1, 0.15) is 39.0 Å². The summed E-state index contributed by atoms with van der Waals surface area (Å²) in [5.74, 6) is -0.453. The average Bonchev–Trinajstić information content (AvgIpc) is 2.98. The first-order valence-corrected chi connectivity index (χ1v) is 8.55. The van der Waals surface area contributed by atoms with Gasteiger partial charge >= 0.3 is 0 Å². The van der Waals surface area contributed by atoms with Crippen LogP contribution in [0.4, 0.5) is 5.69 Å². The van der Waals surface area contributed by atoms with Gasteiger partial charge in [0, 0.05) is 12.7 Å². The fourth-order valence-electron chi connectivity index (χ4n) is 2.62. The van der Waals surface area contributed by atoms with Gasteiger partial charge in [-0.2, -0.15) is 0 Å². The van der Waals surface area contributed by atoms with Crippen LogP contribution in [-0.4, -0.2) is 39.9 Å². The van der Waals surface area contributed by atoms with E-state index in [-0.39, 0.29) is 18.4 Å². The SMILES string of the molecule is CCc1nnsc1C(=O)N(C)CC(=O)Nc1c(C)cc(C)cc1C.